The van der Waals surface area contributed by atoms with Crippen LogP contribution in [0.1, 0.15) is 25.3 Å². The number of carbonyl (C=O) groups is 2. The van der Waals surface area contributed by atoms with E-state index in [2.05, 4.69) is 5.32 Å². The summed E-state index contributed by atoms with van der Waals surface area (Å²) >= 11 is 0. The van der Waals surface area contributed by atoms with Gasteiger partial charge in [0.05, 0.1) is 37.2 Å². The Morgan fingerprint density at radius 3 is 2.94 bits per heavy atom. The lowest BCUT2D eigenvalue weighted by molar-refractivity contribution is -0.124. The van der Waals surface area contributed by atoms with Crippen LogP contribution in [0.25, 0.3) is 11.0 Å². The van der Waals surface area contributed by atoms with Gasteiger partial charge >= 0.3 is 0 Å². The van der Waals surface area contributed by atoms with Crippen molar-refractivity contribution in [1.82, 2.24) is 9.55 Å². The van der Waals surface area contributed by atoms with Crippen LogP contribution >= 0.6 is 0 Å². The van der Waals surface area contributed by atoms with E-state index >= 15 is 0 Å². The molecule has 31 heavy (non-hydrogen) atoms. The van der Waals surface area contributed by atoms with E-state index in [9.17, 15) is 9.59 Å². The molecule has 0 radical (unpaired) electrons. The maximum Gasteiger partial charge on any atom is 0.253 e. The first-order valence-corrected chi connectivity index (χ1v) is 10.5. The van der Waals surface area contributed by atoms with Crippen molar-refractivity contribution in [1.29, 1.82) is 0 Å². The van der Waals surface area contributed by atoms with E-state index in [-0.39, 0.29) is 24.3 Å². The molecule has 2 aliphatic heterocycles. The number of ether oxygens (including phenoxy) is 2. The molecular weight excluding hydrogens is 396 g/mol. The molecule has 8 heteroatoms. The summed E-state index contributed by atoms with van der Waals surface area (Å²) < 4.78 is 12.8. The van der Waals surface area contributed by atoms with Crippen LogP contribution < -0.4 is 15.0 Å². The smallest absolute Gasteiger partial charge is 0.253 e. The molecule has 0 unspecified atom stereocenters. The standard InChI is InChI=1S/C23H24N4O4/c1-30-16-7-4-6-15(12-16)24-21(28)13-20-22(29)26(14-17-8-5-11-31-17)23-25-18-9-2-3-10-19(18)27(20)23/h2-4,6-7,9-10,12,17,20H,5,8,11,13-14H2,1H3,(H,24,28)/t17-,20-/m1/s1. The Labute approximate surface area is 179 Å². The first-order chi connectivity index (χ1) is 15.1. The minimum Gasteiger partial charge on any atom is -0.497 e. The van der Waals surface area contributed by atoms with Gasteiger partial charge in [-0.25, -0.2) is 4.98 Å². The lowest BCUT2D eigenvalue weighted by Crippen LogP contribution is -2.37. The molecule has 2 aliphatic rings. The highest BCUT2D eigenvalue weighted by Gasteiger charge is 2.42. The van der Waals surface area contributed by atoms with Crippen LogP contribution in [-0.2, 0) is 14.3 Å². The van der Waals surface area contributed by atoms with Gasteiger partial charge in [0.15, 0.2) is 0 Å². The number of rotatable bonds is 6. The van der Waals surface area contributed by atoms with Crippen LogP contribution in [0, 0.1) is 0 Å². The van der Waals surface area contributed by atoms with Gasteiger partial charge in [0.25, 0.3) is 5.91 Å². The van der Waals surface area contributed by atoms with E-state index in [4.69, 9.17) is 14.5 Å². The lowest BCUT2D eigenvalue weighted by atomic mass is 10.1. The Morgan fingerprint density at radius 2 is 2.13 bits per heavy atom. The predicted octanol–water partition coefficient (Wildman–Crippen LogP) is 3.14. The molecule has 2 atom stereocenters. The maximum atomic E-state index is 13.4. The Hall–Kier alpha value is -3.39. The molecule has 2 aromatic carbocycles. The van der Waals surface area contributed by atoms with Crippen LogP contribution in [0.5, 0.6) is 5.75 Å². The molecule has 8 nitrogen and oxygen atoms in total. The number of nitrogens with zero attached hydrogens (tertiary/aromatic N) is 3. The number of benzene rings is 2. The van der Waals surface area contributed by atoms with Gasteiger partial charge in [0.1, 0.15) is 11.8 Å². The molecule has 3 aromatic rings. The number of aromatic nitrogens is 2. The van der Waals surface area contributed by atoms with Crippen molar-refractivity contribution in [3.05, 3.63) is 48.5 Å². The number of carbonyl (C=O) groups excluding carboxylic acids is 2. The van der Waals surface area contributed by atoms with Crippen LogP contribution in [-0.4, -0.2) is 47.7 Å². The highest BCUT2D eigenvalue weighted by atomic mass is 16.5. The number of hydrogen-bond acceptors (Lipinski definition) is 5. The summed E-state index contributed by atoms with van der Waals surface area (Å²) in [6.07, 6.45) is 1.94. The number of imidazole rings is 1. The zero-order valence-corrected chi connectivity index (χ0v) is 17.3. The summed E-state index contributed by atoms with van der Waals surface area (Å²) in [5.74, 6) is 0.875. The lowest BCUT2D eigenvalue weighted by Gasteiger charge is -2.19. The summed E-state index contributed by atoms with van der Waals surface area (Å²) in [7, 11) is 1.58. The number of para-hydroxylation sites is 2. The average Bonchev–Trinajstić information content (AvgIpc) is 3.48. The van der Waals surface area contributed by atoms with Crippen LogP contribution in [0.2, 0.25) is 0 Å². The van der Waals surface area contributed by atoms with Gasteiger partial charge in [-0.15, -0.1) is 0 Å². The van der Waals surface area contributed by atoms with Crippen LogP contribution in [0.3, 0.4) is 0 Å². The molecule has 0 saturated carbocycles. The number of nitrogens with one attached hydrogen (secondary N) is 1. The fourth-order valence-electron chi connectivity index (χ4n) is 4.35. The molecule has 2 amide bonds. The molecule has 0 spiro atoms. The highest BCUT2D eigenvalue weighted by molar-refractivity contribution is 6.05. The van der Waals surface area contributed by atoms with Gasteiger partial charge in [-0.1, -0.05) is 18.2 Å². The Bertz CT molecular complexity index is 1140. The number of fused-ring (bicyclic) bond motifs is 3. The fourth-order valence-corrected chi connectivity index (χ4v) is 4.35. The van der Waals surface area contributed by atoms with Crippen molar-refractivity contribution < 1.29 is 19.1 Å². The SMILES string of the molecule is COc1cccc(NC(=O)C[C@@H]2C(=O)N(C[C@H]3CCCO3)c3nc4ccccc4n32)c1. The monoisotopic (exact) mass is 420 g/mol. The molecule has 0 aliphatic carbocycles. The topological polar surface area (TPSA) is 85.7 Å². The number of amides is 2. The van der Waals surface area contributed by atoms with E-state index in [0.717, 1.165) is 30.5 Å². The van der Waals surface area contributed by atoms with Gasteiger partial charge in [-0.2, -0.15) is 0 Å². The van der Waals surface area contributed by atoms with E-state index in [1.54, 1.807) is 30.2 Å². The maximum absolute atomic E-state index is 13.4. The third-order valence-corrected chi connectivity index (χ3v) is 5.82. The van der Waals surface area contributed by atoms with Crippen molar-refractivity contribution in [3.63, 3.8) is 0 Å². The second-order valence-electron chi connectivity index (χ2n) is 7.85. The molecule has 1 aromatic heterocycles. The molecule has 1 fully saturated rings. The van der Waals surface area contributed by atoms with Gasteiger partial charge in [0.2, 0.25) is 11.9 Å². The third kappa shape index (κ3) is 3.63. The fraction of sp³-hybridized carbons (Fsp3) is 0.348. The molecular formula is C23H24N4O4. The van der Waals surface area contributed by atoms with Gasteiger partial charge in [0, 0.05) is 18.4 Å². The summed E-state index contributed by atoms with van der Waals surface area (Å²) in [4.78, 5) is 32.6. The van der Waals surface area contributed by atoms with Crippen molar-refractivity contribution >= 4 is 34.5 Å². The Balaban J connectivity index is 1.42. The minimum absolute atomic E-state index is 0.00146. The number of anilines is 2. The summed E-state index contributed by atoms with van der Waals surface area (Å²) in [5.41, 5.74) is 2.28. The quantitative estimate of drug-likeness (QED) is 0.662. The zero-order chi connectivity index (χ0) is 21.4. The van der Waals surface area contributed by atoms with E-state index in [1.165, 1.54) is 0 Å². The van der Waals surface area contributed by atoms with Crippen molar-refractivity contribution in [2.24, 2.45) is 0 Å². The molecule has 0 bridgehead atoms. The van der Waals surface area contributed by atoms with Gasteiger partial charge < -0.3 is 14.8 Å². The van der Waals surface area contributed by atoms with Crippen molar-refractivity contribution in [3.8, 4) is 5.75 Å². The van der Waals surface area contributed by atoms with Crippen LogP contribution in [0.15, 0.2) is 48.5 Å². The van der Waals surface area contributed by atoms with E-state index in [0.29, 0.717) is 23.9 Å². The highest BCUT2D eigenvalue weighted by Crippen LogP contribution is 2.37. The second-order valence-corrected chi connectivity index (χ2v) is 7.85. The predicted molar refractivity (Wildman–Crippen MR) is 116 cm³/mol. The molecule has 160 valence electrons. The van der Waals surface area contributed by atoms with Gasteiger partial charge in [-0.3, -0.25) is 19.1 Å². The largest absolute Gasteiger partial charge is 0.497 e. The summed E-state index contributed by atoms with van der Waals surface area (Å²) in [5, 5.41) is 2.87. The van der Waals surface area contributed by atoms with Crippen molar-refractivity contribution in [2.45, 2.75) is 31.4 Å². The molecule has 1 saturated heterocycles. The van der Waals surface area contributed by atoms with Crippen LogP contribution in [0.4, 0.5) is 11.6 Å². The van der Waals surface area contributed by atoms with Gasteiger partial charge in [-0.05, 0) is 37.1 Å². The Morgan fingerprint density at radius 1 is 1.26 bits per heavy atom. The average molecular weight is 420 g/mol. The molecule has 3 heterocycles. The molecule has 1 N–H and O–H groups in total. The Kier molecular flexibility index (Phi) is 5.07. The first kappa shape index (κ1) is 19.6. The normalized spacial score (nSPS) is 20.3. The summed E-state index contributed by atoms with van der Waals surface area (Å²) in [6.45, 7) is 1.17. The number of hydrogen-bond donors (Lipinski definition) is 1. The van der Waals surface area contributed by atoms with Crippen molar-refractivity contribution in [2.75, 3.05) is 30.5 Å². The minimum atomic E-state index is -0.644. The number of methoxy groups -OCH3 is 1. The summed E-state index contributed by atoms with van der Waals surface area (Å²) in [6, 6.07) is 14.2. The molecule has 5 rings (SSSR count). The van der Waals surface area contributed by atoms with E-state index in [1.807, 2.05) is 34.9 Å². The first-order valence-electron chi connectivity index (χ1n) is 10.5. The second kappa shape index (κ2) is 8.03. The third-order valence-electron chi connectivity index (χ3n) is 5.82. The van der Waals surface area contributed by atoms with E-state index < -0.39 is 6.04 Å². The zero-order valence-electron chi connectivity index (χ0n) is 17.3.